The minimum Gasteiger partial charge on any atom is -0.402 e. The van der Waals surface area contributed by atoms with Crippen LogP contribution in [0.25, 0.3) is 32.2 Å². The Balaban J connectivity index is 1.60. The maximum Gasteiger partial charge on any atom is 0.291 e. The molecule has 30 heavy (non-hydrogen) atoms. The largest absolute Gasteiger partial charge is 0.402 e. The molecule has 0 radical (unpaired) electrons. The van der Waals surface area contributed by atoms with E-state index in [0.29, 0.717) is 24.2 Å². The number of fused-ring (bicyclic) bond motifs is 4. The first-order chi connectivity index (χ1) is 14.6. The van der Waals surface area contributed by atoms with Gasteiger partial charge in [0.1, 0.15) is 10.5 Å². The van der Waals surface area contributed by atoms with Crippen LogP contribution in [-0.2, 0) is 20.0 Å². The molecule has 1 aromatic carbocycles. The predicted octanol–water partition coefficient (Wildman–Crippen LogP) is 2.30. The van der Waals surface area contributed by atoms with Crippen molar-refractivity contribution in [2.24, 2.45) is 12.8 Å². The lowest BCUT2D eigenvalue weighted by Crippen LogP contribution is -2.24. The fourth-order valence-corrected chi connectivity index (χ4v) is 4.83. The van der Waals surface area contributed by atoms with Crippen molar-refractivity contribution in [3.05, 3.63) is 63.3 Å². The van der Waals surface area contributed by atoms with E-state index < -0.39 is 0 Å². The standard InChI is InChI=1S/C20H18N8OS/c1-27-17-14(18-19(27)25-16(30-18)7-12(22)5-6-21)9-24-28(20(17)29)10-11-3-2-4-15-13(11)8-23-26-15/h2-6,8-9,21H,7,10,22H2,1H3,(H,23,26). The van der Waals surface area contributed by atoms with Gasteiger partial charge in [-0.05, 0) is 17.7 Å². The van der Waals surface area contributed by atoms with Crippen LogP contribution in [0.3, 0.4) is 0 Å². The van der Waals surface area contributed by atoms with Gasteiger partial charge in [0, 0.05) is 36.2 Å². The Morgan fingerprint density at radius 2 is 2.20 bits per heavy atom. The number of aromatic amines is 1. The molecule has 0 atom stereocenters. The molecule has 4 heterocycles. The zero-order valence-electron chi connectivity index (χ0n) is 16.1. The van der Waals surface area contributed by atoms with Gasteiger partial charge >= 0.3 is 0 Å². The van der Waals surface area contributed by atoms with Crippen LogP contribution < -0.4 is 11.3 Å². The average molecular weight is 418 g/mol. The van der Waals surface area contributed by atoms with Crippen LogP contribution in [0.1, 0.15) is 10.6 Å². The van der Waals surface area contributed by atoms with Crippen LogP contribution in [0.2, 0.25) is 0 Å². The lowest BCUT2D eigenvalue weighted by Gasteiger charge is -2.07. The monoisotopic (exact) mass is 418 g/mol. The SMILES string of the molecule is Cn1c2nc(CC(N)=CC=N)sc2c2cnn(Cc3cccc4[nH]ncc34)c(=O)c21. The molecular weight excluding hydrogens is 400 g/mol. The van der Waals surface area contributed by atoms with Crippen LogP contribution in [0, 0.1) is 5.41 Å². The van der Waals surface area contributed by atoms with Gasteiger partial charge in [0.15, 0.2) is 5.65 Å². The number of allylic oxidation sites excluding steroid dienone is 2. The molecule has 150 valence electrons. The van der Waals surface area contributed by atoms with E-state index in [1.807, 2.05) is 29.8 Å². The van der Waals surface area contributed by atoms with Crippen molar-refractivity contribution in [3.8, 4) is 0 Å². The molecule has 0 saturated heterocycles. The highest BCUT2D eigenvalue weighted by Gasteiger charge is 2.18. The van der Waals surface area contributed by atoms with E-state index in [9.17, 15) is 4.79 Å². The molecule has 9 nitrogen and oxygen atoms in total. The summed E-state index contributed by atoms with van der Waals surface area (Å²) in [6.45, 7) is 0.355. The van der Waals surface area contributed by atoms with E-state index in [4.69, 9.17) is 11.1 Å². The van der Waals surface area contributed by atoms with E-state index in [0.717, 1.165) is 43.4 Å². The number of hydrogen-bond donors (Lipinski definition) is 3. The maximum absolute atomic E-state index is 13.2. The molecular formula is C20H18N8OS. The fraction of sp³-hybridized carbons (Fsp3) is 0.150. The normalized spacial score (nSPS) is 12.4. The van der Waals surface area contributed by atoms with E-state index >= 15 is 0 Å². The van der Waals surface area contributed by atoms with Crippen molar-refractivity contribution in [1.82, 2.24) is 29.5 Å². The number of nitrogens with two attached hydrogens (primary N) is 1. The van der Waals surface area contributed by atoms with Crippen LogP contribution in [0.5, 0.6) is 0 Å². The summed E-state index contributed by atoms with van der Waals surface area (Å²) in [4.78, 5) is 17.9. The van der Waals surface area contributed by atoms with Gasteiger partial charge in [0.05, 0.1) is 29.2 Å². The lowest BCUT2D eigenvalue weighted by molar-refractivity contribution is 0.647. The topological polar surface area (TPSA) is 131 Å². The lowest BCUT2D eigenvalue weighted by atomic mass is 10.1. The number of aromatic nitrogens is 6. The van der Waals surface area contributed by atoms with E-state index in [2.05, 4.69) is 20.3 Å². The van der Waals surface area contributed by atoms with Gasteiger partial charge < -0.3 is 15.7 Å². The first kappa shape index (κ1) is 18.3. The highest BCUT2D eigenvalue weighted by molar-refractivity contribution is 7.19. The third-order valence-corrected chi connectivity index (χ3v) is 6.20. The van der Waals surface area contributed by atoms with Crippen molar-refractivity contribution in [1.29, 1.82) is 5.41 Å². The van der Waals surface area contributed by atoms with Gasteiger partial charge in [-0.25, -0.2) is 9.67 Å². The van der Waals surface area contributed by atoms with E-state index in [1.165, 1.54) is 16.0 Å². The number of nitrogens with zero attached hydrogens (tertiary/aromatic N) is 5. The molecule has 0 bridgehead atoms. The Morgan fingerprint density at radius 1 is 1.33 bits per heavy atom. The number of hydrogen-bond acceptors (Lipinski definition) is 7. The molecule has 0 unspecified atom stereocenters. The maximum atomic E-state index is 13.2. The first-order valence-electron chi connectivity index (χ1n) is 9.27. The quantitative estimate of drug-likeness (QED) is 0.377. The van der Waals surface area contributed by atoms with Crippen LogP contribution in [-0.4, -0.2) is 35.7 Å². The molecule has 5 rings (SSSR count). The zero-order valence-corrected chi connectivity index (χ0v) is 16.9. The molecule has 10 heteroatoms. The second-order valence-corrected chi connectivity index (χ2v) is 8.11. The van der Waals surface area contributed by atoms with Gasteiger partial charge in [0.25, 0.3) is 5.56 Å². The Kier molecular flexibility index (Phi) is 4.21. The van der Waals surface area contributed by atoms with Crippen molar-refractivity contribution >= 4 is 49.7 Å². The summed E-state index contributed by atoms with van der Waals surface area (Å²) in [5.41, 5.74) is 9.52. The number of rotatable bonds is 5. The van der Waals surface area contributed by atoms with E-state index in [-0.39, 0.29) is 5.56 Å². The average Bonchev–Trinajstić information content (AvgIpc) is 3.41. The van der Waals surface area contributed by atoms with Gasteiger partial charge in [-0.1, -0.05) is 12.1 Å². The number of nitrogens with one attached hydrogen (secondary N) is 2. The minimum absolute atomic E-state index is 0.162. The van der Waals surface area contributed by atoms with Gasteiger partial charge in [-0.3, -0.25) is 9.89 Å². The summed E-state index contributed by atoms with van der Waals surface area (Å²) in [5, 5.41) is 21.2. The second-order valence-electron chi connectivity index (χ2n) is 7.02. The minimum atomic E-state index is -0.162. The molecule has 0 aliphatic rings. The van der Waals surface area contributed by atoms with Gasteiger partial charge in [-0.15, -0.1) is 11.3 Å². The molecule has 0 fully saturated rings. The van der Waals surface area contributed by atoms with Crippen LogP contribution >= 0.6 is 11.3 Å². The van der Waals surface area contributed by atoms with Crippen molar-refractivity contribution in [3.63, 3.8) is 0 Å². The molecule has 0 spiro atoms. The Labute approximate surface area is 174 Å². The Morgan fingerprint density at radius 3 is 3.03 bits per heavy atom. The Hall–Kier alpha value is -3.79. The Bertz CT molecular complexity index is 1520. The van der Waals surface area contributed by atoms with Crippen LogP contribution in [0.15, 0.2) is 47.2 Å². The van der Waals surface area contributed by atoms with E-state index in [1.54, 1.807) is 18.5 Å². The first-order valence-corrected chi connectivity index (χ1v) is 10.1. The molecule has 5 aromatic rings. The molecule has 4 N–H and O–H groups in total. The third-order valence-electron chi connectivity index (χ3n) is 5.12. The third kappa shape index (κ3) is 2.80. The molecule has 0 amide bonds. The number of benzene rings is 1. The van der Waals surface area contributed by atoms with Crippen molar-refractivity contribution < 1.29 is 0 Å². The molecule has 0 saturated carbocycles. The summed E-state index contributed by atoms with van der Waals surface area (Å²) >= 11 is 1.49. The molecule has 0 aliphatic carbocycles. The predicted molar refractivity (Wildman–Crippen MR) is 118 cm³/mol. The summed E-state index contributed by atoms with van der Waals surface area (Å²) < 4.78 is 4.21. The van der Waals surface area contributed by atoms with Crippen molar-refractivity contribution in [2.45, 2.75) is 13.0 Å². The zero-order chi connectivity index (χ0) is 20.8. The summed E-state index contributed by atoms with van der Waals surface area (Å²) in [7, 11) is 1.84. The van der Waals surface area contributed by atoms with Crippen LogP contribution in [0.4, 0.5) is 0 Å². The smallest absolute Gasteiger partial charge is 0.291 e. The number of thiazole rings is 1. The highest BCUT2D eigenvalue weighted by Crippen LogP contribution is 2.31. The van der Waals surface area contributed by atoms with Gasteiger partial charge in [0.2, 0.25) is 0 Å². The molecule has 4 aromatic heterocycles. The molecule has 0 aliphatic heterocycles. The highest BCUT2D eigenvalue weighted by atomic mass is 32.1. The fourth-order valence-electron chi connectivity index (χ4n) is 3.69. The van der Waals surface area contributed by atoms with Gasteiger partial charge in [-0.2, -0.15) is 10.2 Å². The summed E-state index contributed by atoms with van der Waals surface area (Å²) in [6, 6.07) is 5.85. The summed E-state index contributed by atoms with van der Waals surface area (Å²) in [5.74, 6) is 0. The number of aryl methyl sites for hydroxylation is 1. The van der Waals surface area contributed by atoms with Crippen molar-refractivity contribution in [2.75, 3.05) is 0 Å². The summed E-state index contributed by atoms with van der Waals surface area (Å²) in [6.07, 6.45) is 6.67. The second kappa shape index (κ2) is 6.92. The number of H-pyrrole nitrogens is 1.